The Morgan fingerprint density at radius 3 is 2.65 bits per heavy atom. The molecule has 136 valence electrons. The smallest absolute Gasteiger partial charge is 0.191 e. The van der Waals surface area contributed by atoms with E-state index in [0.29, 0.717) is 19.1 Å². The van der Waals surface area contributed by atoms with Gasteiger partial charge >= 0.3 is 0 Å². The number of likely N-dealkylation sites (tertiary alicyclic amines) is 1. The summed E-state index contributed by atoms with van der Waals surface area (Å²) in [5.41, 5.74) is 0. The Kier molecular flexibility index (Phi) is 11.9. The van der Waals surface area contributed by atoms with Crippen LogP contribution in [0.5, 0.6) is 0 Å². The van der Waals surface area contributed by atoms with E-state index in [1.54, 1.807) is 7.11 Å². The molecule has 1 rings (SSSR count). The van der Waals surface area contributed by atoms with Crippen molar-refractivity contribution >= 4 is 5.96 Å². The van der Waals surface area contributed by atoms with Crippen molar-refractivity contribution < 1.29 is 9.47 Å². The Morgan fingerprint density at radius 2 is 1.96 bits per heavy atom. The van der Waals surface area contributed by atoms with Gasteiger partial charge in [-0.3, -0.25) is 4.99 Å². The van der Waals surface area contributed by atoms with Crippen LogP contribution >= 0.6 is 0 Å². The van der Waals surface area contributed by atoms with Gasteiger partial charge in [0.25, 0.3) is 0 Å². The van der Waals surface area contributed by atoms with Gasteiger partial charge in [0.15, 0.2) is 5.96 Å². The number of methoxy groups -OCH3 is 1. The van der Waals surface area contributed by atoms with Crippen LogP contribution in [-0.4, -0.2) is 77.1 Å². The van der Waals surface area contributed by atoms with Crippen molar-refractivity contribution in [2.24, 2.45) is 10.9 Å². The van der Waals surface area contributed by atoms with Crippen molar-refractivity contribution in [1.82, 2.24) is 15.5 Å². The number of ether oxygens (including phenoxy) is 2. The number of rotatable bonds is 12. The van der Waals surface area contributed by atoms with Crippen molar-refractivity contribution in [2.75, 3.05) is 66.2 Å². The van der Waals surface area contributed by atoms with Crippen LogP contribution in [0.3, 0.4) is 0 Å². The van der Waals surface area contributed by atoms with Crippen LogP contribution in [0, 0.1) is 5.92 Å². The standard InChI is InChI=1S/C17H36N4O2/c1-4-18-17(19-8-7-11-23-13-12-22-3)20-14-16(2)15-21-9-5-6-10-21/h16H,4-15H2,1-3H3,(H2,18,19,20). The van der Waals surface area contributed by atoms with E-state index in [0.717, 1.165) is 45.2 Å². The lowest BCUT2D eigenvalue weighted by Gasteiger charge is -2.19. The summed E-state index contributed by atoms with van der Waals surface area (Å²) in [7, 11) is 1.69. The third kappa shape index (κ3) is 10.5. The fourth-order valence-corrected chi connectivity index (χ4v) is 2.68. The molecular formula is C17H36N4O2. The molecule has 0 saturated carbocycles. The molecule has 0 spiro atoms. The summed E-state index contributed by atoms with van der Waals surface area (Å²) in [4.78, 5) is 7.26. The topological polar surface area (TPSA) is 58.1 Å². The molecule has 0 aliphatic carbocycles. The van der Waals surface area contributed by atoms with E-state index in [9.17, 15) is 0 Å². The summed E-state index contributed by atoms with van der Waals surface area (Å²) >= 11 is 0. The molecule has 2 N–H and O–H groups in total. The number of nitrogens with zero attached hydrogens (tertiary/aromatic N) is 2. The fourth-order valence-electron chi connectivity index (χ4n) is 2.68. The summed E-state index contributed by atoms with van der Waals surface area (Å²) in [6.45, 7) is 12.8. The highest BCUT2D eigenvalue weighted by Gasteiger charge is 2.14. The van der Waals surface area contributed by atoms with E-state index in [1.165, 1.54) is 25.9 Å². The molecule has 0 aromatic rings. The highest BCUT2D eigenvalue weighted by atomic mass is 16.5. The molecule has 1 heterocycles. The first kappa shape index (κ1) is 20.2. The lowest BCUT2D eigenvalue weighted by molar-refractivity contribution is 0.0698. The normalized spacial score (nSPS) is 17.4. The van der Waals surface area contributed by atoms with Crippen molar-refractivity contribution in [3.05, 3.63) is 0 Å². The fraction of sp³-hybridized carbons (Fsp3) is 0.941. The molecule has 1 fully saturated rings. The molecule has 23 heavy (non-hydrogen) atoms. The second kappa shape index (κ2) is 13.6. The summed E-state index contributed by atoms with van der Waals surface area (Å²) in [6.07, 6.45) is 3.68. The second-order valence-electron chi connectivity index (χ2n) is 6.22. The lowest BCUT2D eigenvalue weighted by Crippen LogP contribution is -2.38. The minimum Gasteiger partial charge on any atom is -0.382 e. The van der Waals surface area contributed by atoms with E-state index < -0.39 is 0 Å². The lowest BCUT2D eigenvalue weighted by atomic mass is 10.2. The van der Waals surface area contributed by atoms with E-state index in [-0.39, 0.29) is 0 Å². The molecule has 0 radical (unpaired) electrons. The predicted octanol–water partition coefficient (Wildman–Crippen LogP) is 1.33. The second-order valence-corrected chi connectivity index (χ2v) is 6.22. The summed E-state index contributed by atoms with van der Waals surface area (Å²) in [5, 5.41) is 6.68. The maximum absolute atomic E-state index is 5.46. The first-order valence-corrected chi connectivity index (χ1v) is 9.07. The van der Waals surface area contributed by atoms with Gasteiger partial charge in [-0.15, -0.1) is 0 Å². The Bertz CT molecular complexity index is 307. The minimum atomic E-state index is 0.598. The molecule has 6 nitrogen and oxygen atoms in total. The molecule has 0 aromatic heterocycles. The highest BCUT2D eigenvalue weighted by molar-refractivity contribution is 5.79. The van der Waals surface area contributed by atoms with Gasteiger partial charge in [0, 0.05) is 39.9 Å². The SMILES string of the molecule is CCNC(=NCC(C)CN1CCCC1)NCCCOCCOC. The summed E-state index contributed by atoms with van der Waals surface area (Å²) < 4.78 is 10.4. The van der Waals surface area contributed by atoms with Crippen LogP contribution in [0.1, 0.15) is 33.1 Å². The van der Waals surface area contributed by atoms with Gasteiger partial charge in [0.1, 0.15) is 0 Å². The minimum absolute atomic E-state index is 0.598. The first-order valence-electron chi connectivity index (χ1n) is 9.07. The first-order chi connectivity index (χ1) is 11.3. The number of guanidine groups is 1. The number of hydrogen-bond donors (Lipinski definition) is 2. The number of nitrogens with one attached hydrogen (secondary N) is 2. The van der Waals surface area contributed by atoms with Crippen molar-refractivity contribution in [1.29, 1.82) is 0 Å². The summed E-state index contributed by atoms with van der Waals surface area (Å²) in [5.74, 6) is 1.51. The highest BCUT2D eigenvalue weighted by Crippen LogP contribution is 2.10. The Balaban J connectivity index is 2.15. The molecule has 6 heteroatoms. The van der Waals surface area contributed by atoms with Crippen LogP contribution in [-0.2, 0) is 9.47 Å². The third-order valence-corrected chi connectivity index (χ3v) is 3.86. The molecule has 1 aliphatic heterocycles. The van der Waals surface area contributed by atoms with Gasteiger partial charge in [0.05, 0.1) is 13.2 Å². The average Bonchev–Trinajstić information content (AvgIpc) is 3.04. The van der Waals surface area contributed by atoms with Gasteiger partial charge in [0.2, 0.25) is 0 Å². The van der Waals surface area contributed by atoms with Crippen LogP contribution in [0.15, 0.2) is 4.99 Å². The monoisotopic (exact) mass is 328 g/mol. The molecule has 1 aliphatic rings. The molecule has 0 aromatic carbocycles. The molecule has 1 saturated heterocycles. The zero-order chi connectivity index (χ0) is 16.8. The van der Waals surface area contributed by atoms with E-state index >= 15 is 0 Å². The van der Waals surface area contributed by atoms with Gasteiger partial charge in [-0.2, -0.15) is 0 Å². The Morgan fingerprint density at radius 1 is 1.17 bits per heavy atom. The Hall–Kier alpha value is -0.850. The van der Waals surface area contributed by atoms with Gasteiger partial charge in [-0.1, -0.05) is 6.92 Å². The predicted molar refractivity (Wildman–Crippen MR) is 96.1 cm³/mol. The largest absolute Gasteiger partial charge is 0.382 e. The average molecular weight is 329 g/mol. The van der Waals surface area contributed by atoms with Crippen molar-refractivity contribution in [2.45, 2.75) is 33.1 Å². The zero-order valence-electron chi connectivity index (χ0n) is 15.3. The van der Waals surface area contributed by atoms with Crippen LogP contribution in [0.25, 0.3) is 0 Å². The quantitative estimate of drug-likeness (QED) is 0.321. The van der Waals surface area contributed by atoms with Crippen molar-refractivity contribution in [3.63, 3.8) is 0 Å². The molecule has 1 atom stereocenters. The Labute approximate surface area is 142 Å². The third-order valence-electron chi connectivity index (χ3n) is 3.86. The maximum atomic E-state index is 5.46. The zero-order valence-corrected chi connectivity index (χ0v) is 15.3. The van der Waals surface area contributed by atoms with Crippen LogP contribution in [0.4, 0.5) is 0 Å². The van der Waals surface area contributed by atoms with Crippen LogP contribution in [0.2, 0.25) is 0 Å². The number of aliphatic imine (C=N–C) groups is 1. The molecule has 1 unspecified atom stereocenters. The van der Waals surface area contributed by atoms with Crippen LogP contribution < -0.4 is 10.6 Å². The molecular weight excluding hydrogens is 292 g/mol. The number of hydrogen-bond acceptors (Lipinski definition) is 4. The summed E-state index contributed by atoms with van der Waals surface area (Å²) in [6, 6.07) is 0. The van der Waals surface area contributed by atoms with E-state index in [1.807, 2.05) is 0 Å². The van der Waals surface area contributed by atoms with Gasteiger partial charge in [-0.05, 0) is 45.2 Å². The van der Waals surface area contributed by atoms with Gasteiger partial charge in [-0.25, -0.2) is 0 Å². The van der Waals surface area contributed by atoms with Gasteiger partial charge < -0.3 is 25.0 Å². The van der Waals surface area contributed by atoms with Crippen molar-refractivity contribution in [3.8, 4) is 0 Å². The van der Waals surface area contributed by atoms with E-state index in [4.69, 9.17) is 14.5 Å². The van der Waals surface area contributed by atoms with E-state index in [2.05, 4.69) is 29.4 Å². The molecule has 0 bridgehead atoms. The molecule has 0 amide bonds. The maximum Gasteiger partial charge on any atom is 0.191 e.